The highest BCUT2D eigenvalue weighted by atomic mass is 16.5. The van der Waals surface area contributed by atoms with Crippen molar-refractivity contribution in [1.82, 2.24) is 24.5 Å². The summed E-state index contributed by atoms with van der Waals surface area (Å²) in [4.78, 5) is 16.7. The average molecular weight is 248 g/mol. The van der Waals surface area contributed by atoms with E-state index in [1.165, 1.54) is 0 Å². The summed E-state index contributed by atoms with van der Waals surface area (Å²) < 4.78 is 7.21. The zero-order valence-corrected chi connectivity index (χ0v) is 10.7. The minimum atomic E-state index is 0.0116. The first-order chi connectivity index (χ1) is 8.69. The first kappa shape index (κ1) is 12.3. The molecule has 2 aromatic rings. The van der Waals surface area contributed by atoms with Gasteiger partial charge in [0.15, 0.2) is 0 Å². The molecule has 2 rings (SSSR count). The first-order valence-corrected chi connectivity index (χ1v) is 5.84. The lowest BCUT2D eigenvalue weighted by atomic mass is 10.5. The predicted molar refractivity (Wildman–Crippen MR) is 66.9 cm³/mol. The molecule has 0 amide bonds. The number of nitrogens with one attached hydrogen (secondary N) is 1. The molecular formula is C11H16N6O. The topological polar surface area (TPSA) is 77.8 Å². The summed E-state index contributed by atoms with van der Waals surface area (Å²) in [6.45, 7) is 6.55. The number of imidazole rings is 1. The zero-order valence-electron chi connectivity index (χ0n) is 10.7. The van der Waals surface area contributed by atoms with E-state index >= 15 is 0 Å². The van der Waals surface area contributed by atoms with Crippen molar-refractivity contribution >= 4 is 5.95 Å². The molecule has 0 bridgehead atoms. The maximum Gasteiger partial charge on any atom is 0.323 e. The second kappa shape index (κ2) is 5.44. The van der Waals surface area contributed by atoms with Crippen LogP contribution < -0.4 is 10.1 Å². The van der Waals surface area contributed by atoms with Crippen molar-refractivity contribution in [1.29, 1.82) is 0 Å². The van der Waals surface area contributed by atoms with Crippen LogP contribution in [0.15, 0.2) is 18.7 Å². The molecule has 0 spiro atoms. The number of rotatable bonds is 5. The second-order valence-corrected chi connectivity index (χ2v) is 3.91. The van der Waals surface area contributed by atoms with Gasteiger partial charge in [0.05, 0.1) is 6.10 Å². The molecule has 7 heteroatoms. The molecule has 0 aliphatic rings. The molecule has 0 atom stereocenters. The lowest BCUT2D eigenvalue weighted by molar-refractivity contribution is 0.221. The minimum Gasteiger partial charge on any atom is -0.461 e. The van der Waals surface area contributed by atoms with Crippen LogP contribution in [0.2, 0.25) is 0 Å². The van der Waals surface area contributed by atoms with Gasteiger partial charge in [-0.05, 0) is 20.8 Å². The van der Waals surface area contributed by atoms with E-state index in [4.69, 9.17) is 4.74 Å². The first-order valence-electron chi connectivity index (χ1n) is 5.84. The second-order valence-electron chi connectivity index (χ2n) is 3.91. The highest BCUT2D eigenvalue weighted by molar-refractivity contribution is 5.30. The molecule has 0 unspecified atom stereocenters. The normalized spacial score (nSPS) is 10.7. The summed E-state index contributed by atoms with van der Waals surface area (Å²) in [5.41, 5.74) is 0. The van der Waals surface area contributed by atoms with E-state index in [0.29, 0.717) is 17.9 Å². The van der Waals surface area contributed by atoms with Crippen molar-refractivity contribution in [3.8, 4) is 12.0 Å². The largest absolute Gasteiger partial charge is 0.461 e. The molecule has 96 valence electrons. The van der Waals surface area contributed by atoms with Crippen molar-refractivity contribution in [3.05, 3.63) is 18.7 Å². The molecule has 0 aliphatic heterocycles. The van der Waals surface area contributed by atoms with Gasteiger partial charge in [-0.15, -0.1) is 0 Å². The van der Waals surface area contributed by atoms with E-state index < -0.39 is 0 Å². The third-order valence-electron chi connectivity index (χ3n) is 2.01. The minimum absolute atomic E-state index is 0.0116. The van der Waals surface area contributed by atoms with Gasteiger partial charge in [-0.25, -0.2) is 4.98 Å². The maximum absolute atomic E-state index is 5.50. The molecule has 0 saturated carbocycles. The third-order valence-corrected chi connectivity index (χ3v) is 2.01. The number of hydrogen-bond donors (Lipinski definition) is 1. The molecule has 7 nitrogen and oxygen atoms in total. The fourth-order valence-electron chi connectivity index (χ4n) is 1.34. The monoisotopic (exact) mass is 248 g/mol. The van der Waals surface area contributed by atoms with Crippen LogP contribution in [0.3, 0.4) is 0 Å². The molecule has 0 aliphatic carbocycles. The van der Waals surface area contributed by atoms with Crippen LogP contribution in [-0.4, -0.2) is 37.2 Å². The Balaban J connectivity index is 2.36. The van der Waals surface area contributed by atoms with Gasteiger partial charge in [0.2, 0.25) is 11.9 Å². The number of aromatic nitrogens is 5. The van der Waals surface area contributed by atoms with Crippen LogP contribution in [-0.2, 0) is 0 Å². The predicted octanol–water partition coefficient (Wildman–Crippen LogP) is 1.28. The quantitative estimate of drug-likeness (QED) is 0.858. The van der Waals surface area contributed by atoms with Crippen molar-refractivity contribution in [3.63, 3.8) is 0 Å². The van der Waals surface area contributed by atoms with Crippen LogP contribution in [0.5, 0.6) is 6.01 Å². The van der Waals surface area contributed by atoms with Crippen LogP contribution in [0.1, 0.15) is 20.8 Å². The van der Waals surface area contributed by atoms with Gasteiger partial charge in [-0.1, -0.05) is 0 Å². The molecule has 0 fully saturated rings. The van der Waals surface area contributed by atoms with Crippen molar-refractivity contribution in [2.75, 3.05) is 11.9 Å². The van der Waals surface area contributed by atoms with Gasteiger partial charge < -0.3 is 10.1 Å². The number of ether oxygens (including phenoxy) is 1. The Morgan fingerprint density at radius 3 is 2.78 bits per heavy atom. The van der Waals surface area contributed by atoms with E-state index in [1.54, 1.807) is 23.3 Å². The Labute approximate surface area is 105 Å². The molecule has 0 saturated heterocycles. The fraction of sp³-hybridized carbons (Fsp3) is 0.455. The van der Waals surface area contributed by atoms with E-state index in [1.807, 2.05) is 20.8 Å². The number of anilines is 1. The lowest BCUT2D eigenvalue weighted by Crippen LogP contribution is -2.13. The van der Waals surface area contributed by atoms with Crippen molar-refractivity contribution < 1.29 is 4.74 Å². The number of nitrogens with zero attached hydrogens (tertiary/aromatic N) is 5. The van der Waals surface area contributed by atoms with Crippen LogP contribution in [0.25, 0.3) is 5.95 Å². The van der Waals surface area contributed by atoms with Crippen molar-refractivity contribution in [2.24, 2.45) is 0 Å². The van der Waals surface area contributed by atoms with Crippen LogP contribution in [0.4, 0.5) is 5.95 Å². The summed E-state index contributed by atoms with van der Waals surface area (Å²) in [6.07, 6.45) is 5.08. The van der Waals surface area contributed by atoms with Crippen LogP contribution >= 0.6 is 0 Å². The fourth-order valence-corrected chi connectivity index (χ4v) is 1.34. The van der Waals surface area contributed by atoms with Gasteiger partial charge >= 0.3 is 6.01 Å². The van der Waals surface area contributed by atoms with E-state index in [-0.39, 0.29) is 6.10 Å². The molecule has 1 N–H and O–H groups in total. The highest BCUT2D eigenvalue weighted by Gasteiger charge is 2.09. The Morgan fingerprint density at radius 2 is 2.17 bits per heavy atom. The maximum atomic E-state index is 5.50. The summed E-state index contributed by atoms with van der Waals surface area (Å²) in [7, 11) is 0. The van der Waals surface area contributed by atoms with Gasteiger partial charge in [0.1, 0.15) is 6.33 Å². The van der Waals surface area contributed by atoms with Crippen molar-refractivity contribution in [2.45, 2.75) is 26.9 Å². The summed E-state index contributed by atoms with van der Waals surface area (Å²) in [5, 5.41) is 3.05. The molecular weight excluding hydrogens is 232 g/mol. The van der Waals surface area contributed by atoms with Gasteiger partial charge in [-0.3, -0.25) is 4.57 Å². The standard InChI is InChI=1S/C11H16N6O/c1-4-13-9-14-10(17-6-5-12-7-17)16-11(15-9)18-8(2)3/h5-8H,4H2,1-3H3,(H,13,14,15,16). The van der Waals surface area contributed by atoms with E-state index in [2.05, 4.69) is 25.3 Å². The number of hydrogen-bond acceptors (Lipinski definition) is 6. The van der Waals surface area contributed by atoms with E-state index in [9.17, 15) is 0 Å². The molecule has 0 radical (unpaired) electrons. The summed E-state index contributed by atoms with van der Waals surface area (Å²) >= 11 is 0. The Morgan fingerprint density at radius 1 is 1.33 bits per heavy atom. The Bertz CT molecular complexity index is 496. The summed E-state index contributed by atoms with van der Waals surface area (Å²) in [6, 6.07) is 0.305. The van der Waals surface area contributed by atoms with Gasteiger partial charge in [0.25, 0.3) is 0 Å². The van der Waals surface area contributed by atoms with Crippen LogP contribution in [0, 0.1) is 0 Å². The Hall–Kier alpha value is -2.18. The molecule has 2 heterocycles. The summed E-state index contributed by atoms with van der Waals surface area (Å²) in [5.74, 6) is 0.973. The molecule has 18 heavy (non-hydrogen) atoms. The smallest absolute Gasteiger partial charge is 0.323 e. The zero-order chi connectivity index (χ0) is 13.0. The average Bonchev–Trinajstić information content (AvgIpc) is 2.81. The highest BCUT2D eigenvalue weighted by Crippen LogP contribution is 2.12. The van der Waals surface area contributed by atoms with E-state index in [0.717, 1.165) is 6.54 Å². The van der Waals surface area contributed by atoms with Gasteiger partial charge in [-0.2, -0.15) is 15.0 Å². The Kier molecular flexibility index (Phi) is 3.71. The SMILES string of the molecule is CCNc1nc(OC(C)C)nc(-n2ccnc2)n1. The third kappa shape index (κ3) is 2.93. The molecule has 2 aromatic heterocycles. The molecule has 0 aromatic carbocycles. The lowest BCUT2D eigenvalue weighted by Gasteiger charge is -2.10. The van der Waals surface area contributed by atoms with Gasteiger partial charge in [0, 0.05) is 18.9 Å².